The van der Waals surface area contributed by atoms with Crippen LogP contribution in [-0.2, 0) is 18.9 Å². The minimum absolute atomic E-state index is 0.0116. The molecule has 7 nitrogen and oxygen atoms in total. The van der Waals surface area contributed by atoms with E-state index >= 15 is 0 Å². The predicted molar refractivity (Wildman–Crippen MR) is 73.5 cm³/mol. The van der Waals surface area contributed by atoms with Gasteiger partial charge in [-0.25, -0.2) is 0 Å². The smallest absolute Gasteiger partial charge is 0.496 e. The molecule has 1 fully saturated rings. The van der Waals surface area contributed by atoms with Gasteiger partial charge in [-0.15, -0.1) is 0 Å². The first-order chi connectivity index (χ1) is 10.0. The van der Waals surface area contributed by atoms with Crippen molar-refractivity contribution in [2.45, 2.75) is 0 Å². The lowest BCUT2D eigenvalue weighted by Crippen LogP contribution is -2.47. The molecule has 2 rings (SSSR count). The molecule has 8 heteroatoms. The highest BCUT2D eigenvalue weighted by Gasteiger charge is 2.34. The van der Waals surface area contributed by atoms with Crippen LogP contribution in [0.5, 0.6) is 5.75 Å². The zero-order valence-electron chi connectivity index (χ0n) is 11.7. The van der Waals surface area contributed by atoms with Crippen LogP contribution in [0.4, 0.5) is 0 Å². The topological polar surface area (TPSA) is 82.1 Å². The van der Waals surface area contributed by atoms with E-state index in [4.69, 9.17) is 14.0 Å². The molecule has 0 radical (unpaired) electrons. The van der Waals surface area contributed by atoms with E-state index in [1.54, 1.807) is 19.2 Å². The number of hydrogen-bond donors (Lipinski definition) is 0. The number of aldehydes is 1. The maximum Gasteiger partial charge on any atom is 0.636 e. The fourth-order valence-electron chi connectivity index (χ4n) is 1.96. The van der Waals surface area contributed by atoms with Crippen LogP contribution in [0, 0.1) is 0 Å². The van der Waals surface area contributed by atoms with Gasteiger partial charge in [-0.1, -0.05) is 6.07 Å². The maximum absolute atomic E-state index is 11.7. The van der Waals surface area contributed by atoms with Crippen molar-refractivity contribution in [2.75, 3.05) is 27.2 Å². The van der Waals surface area contributed by atoms with Gasteiger partial charge in [-0.05, 0) is 19.2 Å². The summed E-state index contributed by atoms with van der Waals surface area (Å²) in [6.07, 6.45) is 0.614. The second-order valence-electron chi connectivity index (χ2n) is 4.60. The quantitative estimate of drug-likeness (QED) is 0.534. The van der Waals surface area contributed by atoms with E-state index in [-0.39, 0.29) is 18.7 Å². The normalized spacial score (nSPS) is 16.6. The largest absolute Gasteiger partial charge is 0.636 e. The van der Waals surface area contributed by atoms with Crippen molar-refractivity contribution in [3.63, 3.8) is 0 Å². The third-order valence-corrected chi connectivity index (χ3v) is 2.93. The molecule has 0 N–H and O–H groups in total. The molecule has 0 spiro atoms. The molecule has 0 unspecified atom stereocenters. The number of likely N-dealkylation sites (N-methyl/N-ethyl adjacent to an activating group) is 1. The molecule has 0 saturated carbocycles. The molecule has 21 heavy (non-hydrogen) atoms. The fraction of sp³-hybridized carbons (Fsp3) is 0.308. The van der Waals surface area contributed by atoms with Crippen molar-refractivity contribution in [3.05, 3.63) is 23.8 Å². The summed E-state index contributed by atoms with van der Waals surface area (Å²) in [6.45, 7) is -0.0232. The molecular weight excluding hydrogens is 277 g/mol. The van der Waals surface area contributed by atoms with E-state index in [1.165, 1.54) is 18.1 Å². The van der Waals surface area contributed by atoms with Gasteiger partial charge in [0.15, 0.2) is 6.29 Å². The van der Waals surface area contributed by atoms with Gasteiger partial charge >= 0.3 is 19.1 Å². The van der Waals surface area contributed by atoms with Crippen LogP contribution in [-0.4, -0.2) is 57.5 Å². The lowest BCUT2D eigenvalue weighted by Gasteiger charge is -2.22. The van der Waals surface area contributed by atoms with Gasteiger partial charge in [0.2, 0.25) is 0 Å². The van der Waals surface area contributed by atoms with Gasteiger partial charge in [-0.2, -0.15) is 0 Å². The highest BCUT2D eigenvalue weighted by atomic mass is 16.6. The van der Waals surface area contributed by atoms with Crippen molar-refractivity contribution >= 4 is 30.8 Å². The Morgan fingerprint density at radius 3 is 2.38 bits per heavy atom. The van der Waals surface area contributed by atoms with E-state index < -0.39 is 19.1 Å². The third-order valence-electron chi connectivity index (χ3n) is 2.93. The minimum atomic E-state index is -1.16. The van der Waals surface area contributed by atoms with Crippen LogP contribution in [0.1, 0.15) is 10.4 Å². The van der Waals surface area contributed by atoms with E-state index in [1.807, 2.05) is 0 Å². The van der Waals surface area contributed by atoms with Crippen molar-refractivity contribution in [1.29, 1.82) is 0 Å². The van der Waals surface area contributed by atoms with E-state index in [0.717, 1.165) is 0 Å². The molecule has 0 aliphatic carbocycles. The number of hydrogen-bond acceptors (Lipinski definition) is 7. The standard InChI is InChI=1S/C13H14BNO6/c1-15-6-12(17)20-14(21-13(18)7-15)10-3-4-11(19-2)9(5-10)8-16/h3-5,8H,6-7H2,1-2H3. The summed E-state index contributed by atoms with van der Waals surface area (Å²) < 4.78 is 15.2. The van der Waals surface area contributed by atoms with Crippen molar-refractivity contribution in [2.24, 2.45) is 0 Å². The van der Waals surface area contributed by atoms with Crippen LogP contribution >= 0.6 is 0 Å². The summed E-state index contributed by atoms with van der Waals surface area (Å²) in [7, 11) is 1.89. The summed E-state index contributed by atoms with van der Waals surface area (Å²) in [5, 5.41) is 0. The summed E-state index contributed by atoms with van der Waals surface area (Å²) >= 11 is 0. The zero-order valence-corrected chi connectivity index (χ0v) is 11.7. The first kappa shape index (κ1) is 15.1. The van der Waals surface area contributed by atoms with Gasteiger partial charge in [0.25, 0.3) is 0 Å². The SMILES string of the molecule is COc1ccc(B2OC(=O)CN(C)CC(=O)O2)cc1C=O. The molecular formula is C13H14BNO6. The van der Waals surface area contributed by atoms with Crippen LogP contribution < -0.4 is 10.2 Å². The summed E-state index contributed by atoms with van der Waals surface area (Å²) in [4.78, 5) is 35.8. The monoisotopic (exact) mass is 291 g/mol. The Labute approximate surface area is 121 Å². The zero-order chi connectivity index (χ0) is 15.4. The Kier molecular flexibility index (Phi) is 4.59. The molecule has 0 amide bonds. The second-order valence-corrected chi connectivity index (χ2v) is 4.60. The Hall–Kier alpha value is -2.35. The van der Waals surface area contributed by atoms with Crippen molar-refractivity contribution < 1.29 is 28.4 Å². The lowest BCUT2D eigenvalue weighted by molar-refractivity contribution is -0.145. The van der Waals surface area contributed by atoms with Crippen LogP contribution in [0.25, 0.3) is 0 Å². The molecule has 1 aliphatic rings. The number of benzene rings is 1. The van der Waals surface area contributed by atoms with Crippen LogP contribution in [0.15, 0.2) is 18.2 Å². The minimum Gasteiger partial charge on any atom is -0.496 e. The first-order valence-corrected chi connectivity index (χ1v) is 6.24. The van der Waals surface area contributed by atoms with Gasteiger partial charge in [-0.3, -0.25) is 19.3 Å². The molecule has 110 valence electrons. The molecule has 0 aromatic heterocycles. The van der Waals surface area contributed by atoms with Crippen LogP contribution in [0.3, 0.4) is 0 Å². The van der Waals surface area contributed by atoms with E-state index in [9.17, 15) is 14.4 Å². The number of nitrogens with zero attached hydrogens (tertiary/aromatic N) is 1. The van der Waals surface area contributed by atoms with E-state index in [0.29, 0.717) is 17.5 Å². The van der Waals surface area contributed by atoms with Crippen molar-refractivity contribution in [1.82, 2.24) is 4.90 Å². The third kappa shape index (κ3) is 3.60. The van der Waals surface area contributed by atoms with Gasteiger partial charge < -0.3 is 14.0 Å². The Morgan fingerprint density at radius 2 is 1.86 bits per heavy atom. The Bertz CT molecular complexity index is 556. The molecule has 0 bridgehead atoms. The molecule has 1 aromatic carbocycles. The summed E-state index contributed by atoms with van der Waals surface area (Å²) in [6, 6.07) is 4.58. The molecule has 1 saturated heterocycles. The molecule has 0 atom stereocenters. The summed E-state index contributed by atoms with van der Waals surface area (Å²) in [5.41, 5.74) is 0.672. The average molecular weight is 291 g/mol. The number of carbonyl (C=O) groups excluding carboxylic acids is 3. The molecule has 1 aromatic rings. The number of ether oxygens (including phenoxy) is 1. The lowest BCUT2D eigenvalue weighted by atomic mass is 9.77. The Morgan fingerprint density at radius 1 is 1.24 bits per heavy atom. The molecule has 1 heterocycles. The number of rotatable bonds is 3. The van der Waals surface area contributed by atoms with Gasteiger partial charge in [0, 0.05) is 5.46 Å². The van der Waals surface area contributed by atoms with Gasteiger partial charge in [0.05, 0.1) is 25.8 Å². The average Bonchev–Trinajstić information content (AvgIpc) is 2.43. The van der Waals surface area contributed by atoms with Crippen LogP contribution in [0.2, 0.25) is 0 Å². The van der Waals surface area contributed by atoms with E-state index in [2.05, 4.69) is 0 Å². The second kappa shape index (κ2) is 6.40. The predicted octanol–water partition coefficient (Wildman–Crippen LogP) is -0.765. The highest BCUT2D eigenvalue weighted by molar-refractivity contribution is 6.64. The number of carbonyl (C=O) groups is 3. The first-order valence-electron chi connectivity index (χ1n) is 6.24. The van der Waals surface area contributed by atoms with Crippen molar-refractivity contribution in [3.8, 4) is 5.75 Å². The number of methoxy groups -OCH3 is 1. The maximum atomic E-state index is 11.7. The van der Waals surface area contributed by atoms with Gasteiger partial charge in [0.1, 0.15) is 5.75 Å². The molecule has 1 aliphatic heterocycles. The highest BCUT2D eigenvalue weighted by Crippen LogP contribution is 2.14. The summed E-state index contributed by atoms with van der Waals surface area (Å²) in [5.74, 6) is -0.645. The Balaban J connectivity index is 2.28. The fourth-order valence-corrected chi connectivity index (χ4v) is 1.96.